The standard InChI is InChI=1S/C22H38N4O2/c1-3-5-7-9-11-13-19-25(20-14-12-10-8-6-4-2)21-15-17-22(18-16-21)26(23-27)24-28/h15-18H,3-14,19-20H2,1-2H3. The fraction of sp³-hybridized carbons (Fsp3) is 0.727. The Kier molecular flexibility index (Phi) is 13.8. The van der Waals surface area contributed by atoms with Gasteiger partial charge in [-0.1, -0.05) is 83.2 Å². The SMILES string of the molecule is CCCCCCCCN(CCCCCCCC)c1ccc(N(N=O)N=O)cc1. The van der Waals surface area contributed by atoms with Crippen LogP contribution in [0, 0.1) is 9.81 Å². The highest BCUT2D eigenvalue weighted by Gasteiger charge is 2.10. The number of benzene rings is 1. The molecule has 28 heavy (non-hydrogen) atoms. The fourth-order valence-corrected chi connectivity index (χ4v) is 3.44. The third-order valence-corrected chi connectivity index (χ3v) is 5.16. The van der Waals surface area contributed by atoms with Crippen molar-refractivity contribution in [3.05, 3.63) is 34.1 Å². The molecule has 0 heterocycles. The highest BCUT2D eigenvalue weighted by Crippen LogP contribution is 2.23. The molecule has 1 rings (SSSR count). The van der Waals surface area contributed by atoms with Gasteiger partial charge in [0.05, 0.1) is 16.3 Å². The molecule has 0 unspecified atom stereocenters. The van der Waals surface area contributed by atoms with Gasteiger partial charge in [-0.3, -0.25) is 0 Å². The van der Waals surface area contributed by atoms with Crippen LogP contribution in [0.15, 0.2) is 34.8 Å². The van der Waals surface area contributed by atoms with Crippen molar-refractivity contribution in [2.75, 3.05) is 23.1 Å². The first-order chi connectivity index (χ1) is 13.8. The van der Waals surface area contributed by atoms with E-state index in [0.29, 0.717) is 10.8 Å². The van der Waals surface area contributed by atoms with Crippen LogP contribution in [0.2, 0.25) is 0 Å². The monoisotopic (exact) mass is 390 g/mol. The number of hydrogen-bond acceptors (Lipinski definition) is 5. The minimum Gasteiger partial charge on any atom is -0.372 e. The Bertz CT molecular complexity index is 498. The van der Waals surface area contributed by atoms with E-state index in [1.807, 2.05) is 12.1 Å². The third kappa shape index (κ3) is 9.81. The van der Waals surface area contributed by atoms with Gasteiger partial charge in [-0.2, -0.15) is 0 Å². The van der Waals surface area contributed by atoms with Gasteiger partial charge in [-0.05, 0) is 37.1 Å². The van der Waals surface area contributed by atoms with Gasteiger partial charge in [0, 0.05) is 18.8 Å². The zero-order valence-corrected chi connectivity index (χ0v) is 17.8. The van der Waals surface area contributed by atoms with Crippen molar-refractivity contribution in [1.29, 1.82) is 0 Å². The summed E-state index contributed by atoms with van der Waals surface area (Å²) in [6, 6.07) is 7.36. The van der Waals surface area contributed by atoms with E-state index in [2.05, 4.69) is 29.3 Å². The van der Waals surface area contributed by atoms with Crippen LogP contribution in [0.25, 0.3) is 0 Å². The molecule has 1 aromatic carbocycles. The van der Waals surface area contributed by atoms with Gasteiger partial charge in [0.1, 0.15) is 0 Å². The van der Waals surface area contributed by atoms with Crippen LogP contribution in [0.3, 0.4) is 0 Å². The Hall–Kier alpha value is -1.98. The van der Waals surface area contributed by atoms with Crippen LogP contribution >= 0.6 is 0 Å². The molecule has 6 heteroatoms. The Morgan fingerprint density at radius 2 is 1.00 bits per heavy atom. The topological polar surface area (TPSA) is 65.3 Å². The van der Waals surface area contributed by atoms with E-state index in [4.69, 9.17) is 0 Å². The average Bonchev–Trinajstić information content (AvgIpc) is 2.73. The lowest BCUT2D eigenvalue weighted by Gasteiger charge is -2.25. The summed E-state index contributed by atoms with van der Waals surface area (Å²) >= 11 is 0. The van der Waals surface area contributed by atoms with Gasteiger partial charge in [0.15, 0.2) is 0 Å². The molecule has 1 aromatic rings. The Morgan fingerprint density at radius 1 is 0.607 bits per heavy atom. The highest BCUT2D eigenvalue weighted by molar-refractivity contribution is 5.55. The number of nitrogens with zero attached hydrogens (tertiary/aromatic N) is 4. The summed E-state index contributed by atoms with van der Waals surface area (Å²) in [6.07, 6.45) is 15.4. The number of nitroso groups, excluding NO2 is 2. The average molecular weight is 391 g/mol. The van der Waals surface area contributed by atoms with E-state index >= 15 is 0 Å². The summed E-state index contributed by atoms with van der Waals surface area (Å²) < 4.78 is 0. The lowest BCUT2D eigenvalue weighted by Crippen LogP contribution is -2.25. The van der Waals surface area contributed by atoms with Gasteiger partial charge in [-0.25, -0.2) is 0 Å². The van der Waals surface area contributed by atoms with Crippen molar-refractivity contribution in [3.63, 3.8) is 0 Å². The minimum atomic E-state index is 0.396. The summed E-state index contributed by atoms with van der Waals surface area (Å²) in [5.41, 5.74) is 1.52. The van der Waals surface area contributed by atoms with E-state index in [1.165, 1.54) is 77.0 Å². The molecule has 0 aromatic heterocycles. The van der Waals surface area contributed by atoms with Crippen LogP contribution in [0.1, 0.15) is 90.9 Å². The summed E-state index contributed by atoms with van der Waals surface area (Å²) in [6.45, 7) is 6.57. The maximum absolute atomic E-state index is 10.6. The second-order valence-electron chi connectivity index (χ2n) is 7.49. The maximum Gasteiger partial charge on any atom is 0.0924 e. The number of anilines is 2. The quantitative estimate of drug-likeness (QED) is 0.149. The van der Waals surface area contributed by atoms with Crippen LogP contribution in [-0.4, -0.2) is 13.1 Å². The minimum absolute atomic E-state index is 0.396. The molecule has 0 saturated heterocycles. The van der Waals surface area contributed by atoms with Crippen molar-refractivity contribution < 1.29 is 0 Å². The van der Waals surface area contributed by atoms with E-state index in [1.54, 1.807) is 12.1 Å². The fourth-order valence-electron chi connectivity index (χ4n) is 3.44. The van der Waals surface area contributed by atoms with Crippen molar-refractivity contribution in [3.8, 4) is 0 Å². The molecule has 0 amide bonds. The summed E-state index contributed by atoms with van der Waals surface area (Å²) in [4.78, 5) is 23.7. The van der Waals surface area contributed by atoms with E-state index in [0.717, 1.165) is 18.8 Å². The molecule has 0 bridgehead atoms. The van der Waals surface area contributed by atoms with Crippen molar-refractivity contribution in [2.45, 2.75) is 90.9 Å². The number of unbranched alkanes of at least 4 members (excludes halogenated alkanes) is 10. The molecule has 0 N–H and O–H groups in total. The predicted octanol–water partition coefficient (Wildman–Crippen LogP) is 7.38. The molecular formula is C22H38N4O2. The highest BCUT2D eigenvalue weighted by atomic mass is 16.4. The molecule has 0 fully saturated rings. The van der Waals surface area contributed by atoms with Crippen LogP contribution in [0.4, 0.5) is 11.4 Å². The van der Waals surface area contributed by atoms with Crippen molar-refractivity contribution >= 4 is 11.4 Å². The van der Waals surface area contributed by atoms with Gasteiger partial charge < -0.3 is 4.90 Å². The van der Waals surface area contributed by atoms with Gasteiger partial charge in [-0.15, -0.1) is 9.81 Å². The molecule has 158 valence electrons. The second kappa shape index (κ2) is 16.0. The molecule has 0 saturated carbocycles. The normalized spacial score (nSPS) is 10.6. The molecule has 0 aliphatic heterocycles. The van der Waals surface area contributed by atoms with Gasteiger partial charge in [0.2, 0.25) is 0 Å². The molecule has 0 aliphatic rings. The predicted molar refractivity (Wildman–Crippen MR) is 119 cm³/mol. The first kappa shape index (κ1) is 24.1. The van der Waals surface area contributed by atoms with Crippen molar-refractivity contribution in [2.24, 2.45) is 10.6 Å². The zero-order chi connectivity index (χ0) is 20.5. The summed E-state index contributed by atoms with van der Waals surface area (Å²) in [7, 11) is 0. The molecule has 6 nitrogen and oxygen atoms in total. The lowest BCUT2D eigenvalue weighted by molar-refractivity contribution is 0.575. The molecule has 0 atom stereocenters. The Balaban J connectivity index is 2.57. The smallest absolute Gasteiger partial charge is 0.0924 e. The molecular weight excluding hydrogens is 352 g/mol. The number of rotatable bonds is 18. The zero-order valence-electron chi connectivity index (χ0n) is 17.8. The maximum atomic E-state index is 10.6. The lowest BCUT2D eigenvalue weighted by atomic mass is 10.1. The first-order valence-electron chi connectivity index (χ1n) is 11.1. The second-order valence-corrected chi connectivity index (χ2v) is 7.49. The van der Waals surface area contributed by atoms with E-state index in [9.17, 15) is 9.81 Å². The summed E-state index contributed by atoms with van der Waals surface area (Å²) in [5, 5.41) is 5.79. The van der Waals surface area contributed by atoms with Gasteiger partial charge in [0.25, 0.3) is 0 Å². The molecule has 0 aliphatic carbocycles. The number of hydrogen-bond donors (Lipinski definition) is 0. The van der Waals surface area contributed by atoms with Gasteiger partial charge >= 0.3 is 0 Å². The third-order valence-electron chi connectivity index (χ3n) is 5.16. The molecule has 0 radical (unpaired) electrons. The summed E-state index contributed by atoms with van der Waals surface area (Å²) in [5.74, 6) is 0. The first-order valence-corrected chi connectivity index (χ1v) is 11.1. The van der Waals surface area contributed by atoms with E-state index < -0.39 is 0 Å². The largest absolute Gasteiger partial charge is 0.372 e. The van der Waals surface area contributed by atoms with Crippen molar-refractivity contribution in [1.82, 2.24) is 0 Å². The van der Waals surface area contributed by atoms with E-state index in [-0.39, 0.29) is 0 Å². The molecule has 0 spiro atoms. The van der Waals surface area contributed by atoms with Crippen LogP contribution in [-0.2, 0) is 0 Å². The Labute approximate surface area is 170 Å². The van der Waals surface area contributed by atoms with Crippen LogP contribution < -0.4 is 10.0 Å². The van der Waals surface area contributed by atoms with Crippen LogP contribution in [0.5, 0.6) is 0 Å². The Morgan fingerprint density at radius 3 is 1.43 bits per heavy atom.